The van der Waals surface area contributed by atoms with Crippen molar-refractivity contribution in [3.63, 3.8) is 0 Å². The van der Waals surface area contributed by atoms with Crippen LogP contribution in [0.5, 0.6) is 0 Å². The molecule has 2 aromatic rings. The van der Waals surface area contributed by atoms with Crippen molar-refractivity contribution in [2.24, 2.45) is 4.99 Å². The first-order chi connectivity index (χ1) is 11.8. The molecule has 2 aliphatic rings. The molecule has 0 aromatic heterocycles. The average molecular weight is 341 g/mol. The van der Waals surface area contributed by atoms with Crippen LogP contribution in [0.1, 0.15) is 18.4 Å². The topological polar surface area (TPSA) is 36.4 Å². The zero-order chi connectivity index (χ0) is 16.4. The second-order valence-electron chi connectivity index (χ2n) is 6.24. The van der Waals surface area contributed by atoms with E-state index in [-0.39, 0.29) is 11.4 Å². The van der Waals surface area contributed by atoms with Crippen molar-refractivity contribution in [3.05, 3.63) is 59.9 Å². The van der Waals surface area contributed by atoms with E-state index in [1.165, 1.54) is 6.07 Å². The van der Waals surface area contributed by atoms with Gasteiger partial charge >= 0.3 is 0 Å². The SMILES string of the molecule is Fc1ccccc1CNC1=Nc2ccccc2NC12CCSCC2. The fourth-order valence-corrected chi connectivity index (χ4v) is 4.52. The van der Waals surface area contributed by atoms with Gasteiger partial charge in [-0.1, -0.05) is 30.3 Å². The maximum atomic E-state index is 13.9. The van der Waals surface area contributed by atoms with Gasteiger partial charge in [-0.2, -0.15) is 11.8 Å². The van der Waals surface area contributed by atoms with Crippen molar-refractivity contribution in [1.82, 2.24) is 5.32 Å². The van der Waals surface area contributed by atoms with Gasteiger partial charge in [0.1, 0.15) is 11.7 Å². The van der Waals surface area contributed by atoms with Gasteiger partial charge in [-0.25, -0.2) is 9.38 Å². The molecule has 0 saturated carbocycles. The number of benzene rings is 2. The summed E-state index contributed by atoms with van der Waals surface area (Å²) >= 11 is 1.98. The zero-order valence-corrected chi connectivity index (χ0v) is 14.2. The van der Waals surface area contributed by atoms with Gasteiger partial charge in [0.25, 0.3) is 0 Å². The highest BCUT2D eigenvalue weighted by molar-refractivity contribution is 7.99. The van der Waals surface area contributed by atoms with E-state index in [0.29, 0.717) is 12.1 Å². The van der Waals surface area contributed by atoms with Crippen molar-refractivity contribution in [1.29, 1.82) is 0 Å². The van der Waals surface area contributed by atoms with Crippen LogP contribution < -0.4 is 10.6 Å². The maximum Gasteiger partial charge on any atom is 0.128 e. The van der Waals surface area contributed by atoms with Gasteiger partial charge in [0, 0.05) is 12.1 Å². The molecule has 0 radical (unpaired) electrons. The van der Waals surface area contributed by atoms with E-state index in [2.05, 4.69) is 16.7 Å². The van der Waals surface area contributed by atoms with Crippen LogP contribution in [0, 0.1) is 5.82 Å². The Morgan fingerprint density at radius 1 is 1.08 bits per heavy atom. The Bertz CT molecular complexity index is 769. The van der Waals surface area contributed by atoms with Gasteiger partial charge in [-0.3, -0.25) is 0 Å². The molecule has 0 amide bonds. The standard InChI is InChI=1S/C19H20FN3S/c20-15-6-2-1-5-14(15)13-21-18-19(9-11-24-12-10-19)23-17-8-4-3-7-16(17)22-18/h1-8,23H,9-13H2,(H,21,22). The molecular weight excluding hydrogens is 321 g/mol. The Hall–Kier alpha value is -2.01. The number of aliphatic imine (C=N–C) groups is 1. The van der Waals surface area contributed by atoms with E-state index in [0.717, 1.165) is 41.6 Å². The number of halogens is 1. The van der Waals surface area contributed by atoms with E-state index in [9.17, 15) is 4.39 Å². The lowest BCUT2D eigenvalue weighted by molar-refractivity contribution is 0.540. The normalized spacial score (nSPS) is 18.5. The van der Waals surface area contributed by atoms with Gasteiger partial charge in [0.05, 0.1) is 16.9 Å². The largest absolute Gasteiger partial charge is 0.371 e. The molecule has 2 heterocycles. The van der Waals surface area contributed by atoms with Crippen molar-refractivity contribution in [2.75, 3.05) is 16.8 Å². The summed E-state index contributed by atoms with van der Waals surface area (Å²) in [5.74, 6) is 2.97. The number of thioether (sulfide) groups is 1. The fraction of sp³-hybridized carbons (Fsp3) is 0.316. The first-order valence-corrected chi connectivity index (χ1v) is 9.44. The second-order valence-corrected chi connectivity index (χ2v) is 7.47. The van der Waals surface area contributed by atoms with Crippen LogP contribution in [0.4, 0.5) is 15.8 Å². The molecule has 0 bridgehead atoms. The van der Waals surface area contributed by atoms with E-state index < -0.39 is 0 Å². The van der Waals surface area contributed by atoms with Crippen LogP contribution in [-0.4, -0.2) is 22.9 Å². The molecule has 24 heavy (non-hydrogen) atoms. The van der Waals surface area contributed by atoms with Crippen molar-refractivity contribution in [2.45, 2.75) is 24.9 Å². The number of para-hydroxylation sites is 2. The minimum atomic E-state index is -0.178. The molecule has 1 saturated heterocycles. The highest BCUT2D eigenvalue weighted by Crippen LogP contribution is 2.39. The molecule has 3 nitrogen and oxygen atoms in total. The summed E-state index contributed by atoms with van der Waals surface area (Å²) in [6, 6.07) is 15.0. The van der Waals surface area contributed by atoms with Crippen molar-refractivity contribution in [3.8, 4) is 0 Å². The molecule has 2 aliphatic heterocycles. The summed E-state index contributed by atoms with van der Waals surface area (Å²) in [6.45, 7) is 0.449. The predicted octanol–water partition coefficient (Wildman–Crippen LogP) is 4.34. The van der Waals surface area contributed by atoms with Gasteiger partial charge in [0.2, 0.25) is 0 Å². The second kappa shape index (κ2) is 6.48. The first kappa shape index (κ1) is 15.5. The number of anilines is 1. The minimum absolute atomic E-state index is 0.162. The Labute approximate surface area is 145 Å². The van der Waals surface area contributed by atoms with Crippen LogP contribution in [0.2, 0.25) is 0 Å². The fourth-order valence-electron chi connectivity index (χ4n) is 3.33. The number of hydrogen-bond acceptors (Lipinski definition) is 4. The number of fused-ring (bicyclic) bond motifs is 1. The monoisotopic (exact) mass is 341 g/mol. The van der Waals surface area contributed by atoms with Crippen LogP contribution >= 0.6 is 11.8 Å². The number of rotatable bonds is 2. The summed E-state index contributed by atoms with van der Waals surface area (Å²) < 4.78 is 13.9. The smallest absolute Gasteiger partial charge is 0.128 e. The minimum Gasteiger partial charge on any atom is -0.371 e. The molecule has 2 aromatic carbocycles. The zero-order valence-electron chi connectivity index (χ0n) is 13.4. The van der Waals surface area contributed by atoms with E-state index >= 15 is 0 Å². The van der Waals surface area contributed by atoms with Gasteiger partial charge in [-0.15, -0.1) is 0 Å². The van der Waals surface area contributed by atoms with Gasteiger partial charge in [-0.05, 0) is 42.5 Å². The quantitative estimate of drug-likeness (QED) is 0.853. The molecule has 1 spiro atoms. The summed E-state index contributed by atoms with van der Waals surface area (Å²) in [6.07, 6.45) is 2.05. The molecule has 124 valence electrons. The Balaban J connectivity index is 1.64. The van der Waals surface area contributed by atoms with Crippen molar-refractivity contribution >= 4 is 29.0 Å². The Morgan fingerprint density at radius 2 is 1.83 bits per heavy atom. The lowest BCUT2D eigenvalue weighted by Gasteiger charge is -2.42. The molecule has 2 N–H and O–H groups in total. The van der Waals surface area contributed by atoms with Crippen LogP contribution in [0.3, 0.4) is 0 Å². The van der Waals surface area contributed by atoms with E-state index in [4.69, 9.17) is 4.99 Å². The lowest BCUT2D eigenvalue weighted by Crippen LogP contribution is -2.55. The number of nitrogens with one attached hydrogen (secondary N) is 2. The number of amidine groups is 1. The highest BCUT2D eigenvalue weighted by Gasteiger charge is 2.40. The van der Waals surface area contributed by atoms with E-state index in [1.54, 1.807) is 6.07 Å². The van der Waals surface area contributed by atoms with Crippen LogP contribution in [-0.2, 0) is 6.54 Å². The maximum absolute atomic E-state index is 13.9. The Kier molecular flexibility index (Phi) is 4.19. The Morgan fingerprint density at radius 3 is 2.67 bits per heavy atom. The summed E-state index contributed by atoms with van der Waals surface area (Å²) in [5.41, 5.74) is 2.53. The molecule has 0 unspecified atom stereocenters. The molecule has 1 fully saturated rings. The molecule has 5 heteroatoms. The van der Waals surface area contributed by atoms with Crippen molar-refractivity contribution < 1.29 is 4.39 Å². The average Bonchev–Trinajstić information content (AvgIpc) is 2.62. The van der Waals surface area contributed by atoms with Crippen LogP contribution in [0.25, 0.3) is 0 Å². The lowest BCUT2D eigenvalue weighted by atomic mass is 9.88. The number of hydrogen-bond donors (Lipinski definition) is 2. The summed E-state index contributed by atoms with van der Waals surface area (Å²) in [5, 5.41) is 7.13. The molecule has 0 aliphatic carbocycles. The summed E-state index contributed by atoms with van der Waals surface area (Å²) in [4.78, 5) is 4.88. The number of nitrogens with zero attached hydrogens (tertiary/aromatic N) is 1. The third-order valence-corrected chi connectivity index (χ3v) is 5.70. The highest BCUT2D eigenvalue weighted by atomic mass is 32.2. The summed E-state index contributed by atoms with van der Waals surface area (Å²) in [7, 11) is 0. The molecular formula is C19H20FN3S. The molecule has 4 rings (SSSR count). The van der Waals surface area contributed by atoms with E-state index in [1.807, 2.05) is 42.1 Å². The predicted molar refractivity (Wildman–Crippen MR) is 99.7 cm³/mol. The molecule has 0 atom stereocenters. The van der Waals surface area contributed by atoms with Gasteiger partial charge < -0.3 is 10.6 Å². The third kappa shape index (κ3) is 2.88. The van der Waals surface area contributed by atoms with Gasteiger partial charge in [0.15, 0.2) is 0 Å². The van der Waals surface area contributed by atoms with Crippen LogP contribution in [0.15, 0.2) is 53.5 Å². The third-order valence-electron chi connectivity index (χ3n) is 4.71. The first-order valence-electron chi connectivity index (χ1n) is 8.28.